The molecule has 0 unspecified atom stereocenters. The van der Waals surface area contributed by atoms with Gasteiger partial charge in [-0.15, -0.1) is 0 Å². The molecule has 0 aromatic heterocycles. The van der Waals surface area contributed by atoms with Crippen molar-refractivity contribution in [2.24, 2.45) is 5.92 Å². The van der Waals surface area contributed by atoms with Gasteiger partial charge in [-0.3, -0.25) is 4.84 Å². The zero-order valence-corrected chi connectivity index (χ0v) is 11.5. The predicted molar refractivity (Wildman–Crippen MR) is 67.3 cm³/mol. The second kappa shape index (κ2) is 6.16. The summed E-state index contributed by atoms with van der Waals surface area (Å²) in [5, 5.41) is 8.78. The highest BCUT2D eigenvalue weighted by Gasteiger charge is 2.16. The Kier molecular flexibility index (Phi) is 5.11. The quantitative estimate of drug-likeness (QED) is 0.841. The lowest BCUT2D eigenvalue weighted by Crippen LogP contribution is -2.25. The third-order valence-corrected chi connectivity index (χ3v) is 3.48. The Balaban J connectivity index is 2.86. The normalized spacial score (nSPS) is 11.5. The molecule has 1 rings (SSSR count). The van der Waals surface area contributed by atoms with Crippen LogP contribution in [0.25, 0.3) is 0 Å². The fourth-order valence-electron chi connectivity index (χ4n) is 1.08. The van der Waals surface area contributed by atoms with Gasteiger partial charge in [0.2, 0.25) is 0 Å². The lowest BCUT2D eigenvalue weighted by atomic mass is 10.2. The Morgan fingerprint density at radius 3 is 2.67 bits per heavy atom. The zero-order chi connectivity index (χ0) is 13.8. The lowest BCUT2D eigenvalue weighted by Gasteiger charge is -2.09. The zero-order valence-electron chi connectivity index (χ0n) is 9.97. The average Bonchev–Trinajstić information content (AvgIpc) is 2.28. The molecule has 98 valence electrons. The van der Waals surface area contributed by atoms with E-state index >= 15 is 0 Å². The maximum absolute atomic E-state index is 11.8. The van der Waals surface area contributed by atoms with Gasteiger partial charge in [0.15, 0.2) is 0 Å². The van der Waals surface area contributed by atoms with Crippen LogP contribution in [0.4, 0.5) is 0 Å². The molecule has 0 aliphatic heterocycles. The van der Waals surface area contributed by atoms with Crippen molar-refractivity contribution in [2.45, 2.75) is 18.7 Å². The number of sulfonamides is 1. The van der Waals surface area contributed by atoms with E-state index in [4.69, 9.17) is 21.7 Å². The Hall–Kier alpha value is -1.13. The molecule has 1 aromatic carbocycles. The number of hydrogen-bond donors (Lipinski definition) is 1. The third-order valence-electron chi connectivity index (χ3n) is 1.96. The van der Waals surface area contributed by atoms with E-state index in [1.165, 1.54) is 18.2 Å². The molecule has 0 saturated carbocycles. The van der Waals surface area contributed by atoms with Gasteiger partial charge in [-0.1, -0.05) is 30.3 Å². The summed E-state index contributed by atoms with van der Waals surface area (Å²) in [6.07, 6.45) is 0. The van der Waals surface area contributed by atoms with E-state index in [1.54, 1.807) is 0 Å². The van der Waals surface area contributed by atoms with Crippen LogP contribution in [0.3, 0.4) is 0 Å². The molecule has 0 bridgehead atoms. The lowest BCUT2D eigenvalue weighted by molar-refractivity contribution is 0.0719. The largest absolute Gasteiger partial charge is 0.287 e. The summed E-state index contributed by atoms with van der Waals surface area (Å²) in [6.45, 7) is 4.06. The molecule has 0 atom stereocenters. The molecule has 0 spiro atoms. The van der Waals surface area contributed by atoms with Crippen molar-refractivity contribution >= 4 is 21.6 Å². The number of nitriles is 1. The van der Waals surface area contributed by atoms with Gasteiger partial charge >= 0.3 is 0 Å². The first-order chi connectivity index (χ1) is 8.36. The number of benzene rings is 1. The second-order valence-corrected chi connectivity index (χ2v) is 6.10. The summed E-state index contributed by atoms with van der Waals surface area (Å²) in [5.41, 5.74) is 0.221. The fourth-order valence-corrected chi connectivity index (χ4v) is 2.21. The smallest absolute Gasteiger partial charge is 0.262 e. The number of hydrogen-bond acceptors (Lipinski definition) is 4. The van der Waals surface area contributed by atoms with E-state index < -0.39 is 10.0 Å². The minimum Gasteiger partial charge on any atom is -0.287 e. The number of nitrogens with one attached hydrogen (secondary N) is 1. The molecule has 18 heavy (non-hydrogen) atoms. The molecule has 0 aliphatic rings. The van der Waals surface area contributed by atoms with Crippen molar-refractivity contribution < 1.29 is 13.3 Å². The van der Waals surface area contributed by atoms with E-state index in [0.717, 1.165) is 0 Å². The average molecular weight is 289 g/mol. The molecule has 0 saturated heterocycles. The van der Waals surface area contributed by atoms with Gasteiger partial charge in [-0.2, -0.15) is 5.26 Å². The summed E-state index contributed by atoms with van der Waals surface area (Å²) in [4.78, 5) is 6.82. The number of halogens is 1. The van der Waals surface area contributed by atoms with Crippen LogP contribution in [0.5, 0.6) is 0 Å². The summed E-state index contributed by atoms with van der Waals surface area (Å²) >= 11 is 5.76. The number of nitrogens with zero attached hydrogens (tertiary/aromatic N) is 1. The summed E-state index contributed by atoms with van der Waals surface area (Å²) in [7, 11) is -3.77. The molecule has 7 heteroatoms. The van der Waals surface area contributed by atoms with Gasteiger partial charge in [0.1, 0.15) is 6.07 Å². The molecule has 0 radical (unpaired) electrons. The van der Waals surface area contributed by atoms with Crippen LogP contribution < -0.4 is 4.89 Å². The molecular formula is C11H13ClN2O3S. The van der Waals surface area contributed by atoms with Crippen LogP contribution in [0.2, 0.25) is 5.02 Å². The first-order valence-electron chi connectivity index (χ1n) is 5.20. The topological polar surface area (TPSA) is 79.2 Å². The Labute approximate surface area is 111 Å². The summed E-state index contributed by atoms with van der Waals surface area (Å²) in [5.74, 6) is 0.206. The van der Waals surface area contributed by atoms with Crippen molar-refractivity contribution in [2.75, 3.05) is 6.61 Å². The molecular weight excluding hydrogens is 276 g/mol. The summed E-state index contributed by atoms with van der Waals surface area (Å²) in [6, 6.07) is 5.71. The molecule has 0 heterocycles. The van der Waals surface area contributed by atoms with E-state index in [2.05, 4.69) is 0 Å². The van der Waals surface area contributed by atoms with E-state index in [-0.39, 0.29) is 28.0 Å². The van der Waals surface area contributed by atoms with Crippen LogP contribution in [0.1, 0.15) is 19.4 Å². The van der Waals surface area contributed by atoms with E-state index in [0.29, 0.717) is 0 Å². The van der Waals surface area contributed by atoms with Gasteiger partial charge in [-0.05, 0) is 24.1 Å². The highest BCUT2D eigenvalue weighted by Crippen LogP contribution is 2.20. The first kappa shape index (κ1) is 14.9. The molecule has 0 amide bonds. The SMILES string of the molecule is CC(C)CONS(=O)(=O)c1ccc(C#N)c(Cl)c1. The summed E-state index contributed by atoms with van der Waals surface area (Å²) < 4.78 is 23.6. The molecule has 0 fully saturated rings. The van der Waals surface area contributed by atoms with Crippen molar-refractivity contribution in [1.29, 1.82) is 5.26 Å². The Bertz CT molecular complexity index is 564. The van der Waals surface area contributed by atoms with Crippen LogP contribution in [0.15, 0.2) is 23.1 Å². The standard InChI is InChI=1S/C11H13ClN2O3S/c1-8(2)7-17-14-18(15,16)10-4-3-9(6-13)11(12)5-10/h3-5,8,14H,7H2,1-2H3. The van der Waals surface area contributed by atoms with Crippen molar-refractivity contribution in [3.8, 4) is 6.07 Å². The maximum Gasteiger partial charge on any atom is 0.262 e. The van der Waals surface area contributed by atoms with Gasteiger partial charge in [-0.25, -0.2) is 8.42 Å². The van der Waals surface area contributed by atoms with Crippen molar-refractivity contribution in [3.63, 3.8) is 0 Å². The van der Waals surface area contributed by atoms with Crippen LogP contribution >= 0.6 is 11.6 Å². The minimum absolute atomic E-state index is 0.0461. The van der Waals surface area contributed by atoms with Crippen LogP contribution in [-0.2, 0) is 14.9 Å². The van der Waals surface area contributed by atoms with Crippen molar-refractivity contribution in [3.05, 3.63) is 28.8 Å². The molecule has 0 aliphatic carbocycles. The van der Waals surface area contributed by atoms with Crippen LogP contribution in [0, 0.1) is 17.2 Å². The molecule has 1 aromatic rings. The van der Waals surface area contributed by atoms with Crippen molar-refractivity contribution in [1.82, 2.24) is 4.89 Å². The van der Waals surface area contributed by atoms with E-state index in [1.807, 2.05) is 24.8 Å². The second-order valence-electron chi connectivity index (χ2n) is 4.05. The van der Waals surface area contributed by atoms with Gasteiger partial charge in [0.05, 0.1) is 22.1 Å². The number of rotatable bonds is 5. The third kappa shape index (κ3) is 3.96. The van der Waals surface area contributed by atoms with Gasteiger partial charge in [0, 0.05) is 0 Å². The Morgan fingerprint density at radius 1 is 1.50 bits per heavy atom. The van der Waals surface area contributed by atoms with Gasteiger partial charge < -0.3 is 0 Å². The first-order valence-corrected chi connectivity index (χ1v) is 7.06. The maximum atomic E-state index is 11.8. The van der Waals surface area contributed by atoms with Crippen LogP contribution in [-0.4, -0.2) is 15.0 Å². The highest BCUT2D eigenvalue weighted by atomic mass is 35.5. The van der Waals surface area contributed by atoms with E-state index in [9.17, 15) is 8.42 Å². The molecule has 5 nitrogen and oxygen atoms in total. The minimum atomic E-state index is -3.77. The monoisotopic (exact) mass is 288 g/mol. The molecule has 1 N–H and O–H groups in total. The highest BCUT2D eigenvalue weighted by molar-refractivity contribution is 7.89. The predicted octanol–water partition coefficient (Wildman–Crippen LogP) is 2.08. The fraction of sp³-hybridized carbons (Fsp3) is 0.364. The van der Waals surface area contributed by atoms with Gasteiger partial charge in [0.25, 0.3) is 10.0 Å². The Morgan fingerprint density at radius 2 is 2.17 bits per heavy atom.